The van der Waals surface area contributed by atoms with Gasteiger partial charge < -0.3 is 25.2 Å². The van der Waals surface area contributed by atoms with Crippen LogP contribution in [0.3, 0.4) is 0 Å². The average Bonchev–Trinajstić information content (AvgIpc) is 2.95. The maximum absolute atomic E-state index is 11.3. The Hall–Kier alpha value is -2.71. The first-order valence-electron chi connectivity index (χ1n) is 8.79. The SMILES string of the molecule is [3H]Nc1nc2cc(C(=O)O)ccc2c2c1nc(COCC)n2CC(C)(C)O. The number of benzene rings is 1. The maximum atomic E-state index is 11.3. The number of ether oxygens (including phenoxy) is 1. The molecule has 8 nitrogen and oxygen atoms in total. The van der Waals surface area contributed by atoms with Gasteiger partial charge in [0.25, 0.3) is 0 Å². The van der Waals surface area contributed by atoms with Crippen molar-refractivity contribution in [3.63, 3.8) is 0 Å². The molecule has 138 valence electrons. The number of nitrogen functional groups attached to an aromatic ring is 1. The molecule has 0 saturated heterocycles. The van der Waals surface area contributed by atoms with Crippen molar-refractivity contribution in [1.29, 1.82) is 0 Å². The van der Waals surface area contributed by atoms with Gasteiger partial charge in [0.2, 0.25) is 0 Å². The van der Waals surface area contributed by atoms with E-state index in [0.29, 0.717) is 34.4 Å². The molecule has 2 aromatic heterocycles. The molecule has 2 heterocycles. The molecule has 0 spiro atoms. The van der Waals surface area contributed by atoms with Crippen LogP contribution in [0.5, 0.6) is 0 Å². The fourth-order valence-electron chi connectivity index (χ4n) is 2.93. The van der Waals surface area contributed by atoms with Gasteiger partial charge in [-0.25, -0.2) is 14.8 Å². The number of anilines is 1. The highest BCUT2D eigenvalue weighted by molar-refractivity contribution is 6.08. The molecule has 3 rings (SSSR count). The predicted octanol–water partition coefficient (Wildman–Crippen LogP) is 2.17. The number of nitrogens with zero attached hydrogens (tertiary/aromatic N) is 3. The molecule has 0 bridgehead atoms. The zero-order valence-corrected chi connectivity index (χ0v) is 14.9. The van der Waals surface area contributed by atoms with Gasteiger partial charge in [0.15, 0.2) is 7.23 Å². The van der Waals surface area contributed by atoms with E-state index in [-0.39, 0.29) is 24.5 Å². The van der Waals surface area contributed by atoms with Crippen LogP contribution in [0.2, 0.25) is 1.41 Å². The van der Waals surface area contributed by atoms with Crippen LogP contribution in [0.1, 0.15) is 37.0 Å². The second-order valence-corrected chi connectivity index (χ2v) is 6.76. The summed E-state index contributed by atoms with van der Waals surface area (Å²) >= 11 is 0. The number of carboxylic acid groups (broad SMARTS) is 1. The van der Waals surface area contributed by atoms with Crippen molar-refractivity contribution in [3.8, 4) is 0 Å². The van der Waals surface area contributed by atoms with Gasteiger partial charge in [-0.3, -0.25) is 0 Å². The Morgan fingerprint density at radius 1 is 1.42 bits per heavy atom. The van der Waals surface area contributed by atoms with E-state index in [9.17, 15) is 15.0 Å². The number of carboxylic acids is 1. The number of aromatic carboxylic acids is 1. The fourth-order valence-corrected chi connectivity index (χ4v) is 2.93. The molecule has 26 heavy (non-hydrogen) atoms. The van der Waals surface area contributed by atoms with Gasteiger partial charge in [0.05, 0.1) is 28.7 Å². The first-order chi connectivity index (χ1) is 12.7. The van der Waals surface area contributed by atoms with Gasteiger partial charge in [0.1, 0.15) is 17.9 Å². The van der Waals surface area contributed by atoms with E-state index in [2.05, 4.69) is 15.7 Å². The number of nitrogens with two attached hydrogens (primary N) is 1. The highest BCUT2D eigenvalue weighted by Crippen LogP contribution is 2.30. The van der Waals surface area contributed by atoms with Crippen molar-refractivity contribution in [1.82, 2.24) is 14.5 Å². The molecule has 8 heteroatoms. The van der Waals surface area contributed by atoms with Crippen LogP contribution in [0, 0.1) is 0 Å². The summed E-state index contributed by atoms with van der Waals surface area (Å²) in [6, 6.07) is 4.64. The zero-order valence-electron chi connectivity index (χ0n) is 15.9. The lowest BCUT2D eigenvalue weighted by molar-refractivity contribution is 0.0582. The Kier molecular flexibility index (Phi) is 4.21. The Morgan fingerprint density at radius 2 is 2.19 bits per heavy atom. The third-order valence-electron chi connectivity index (χ3n) is 3.98. The molecular formula is C18H22N4O4. The zero-order chi connectivity index (χ0) is 19.8. The standard InChI is InChI=1S/C18H22N4O4/c1-4-26-8-13-21-14-15(22(13)9-18(2,3)25)11-6-5-10(17(23)24)7-12(11)20-16(14)19/h5-7,25H,4,8-9H2,1-3H3,(H2,19,20)(H,23,24)/i/hT. The van der Waals surface area contributed by atoms with Gasteiger partial charge in [-0.15, -0.1) is 0 Å². The van der Waals surface area contributed by atoms with Gasteiger partial charge in [-0.2, -0.15) is 0 Å². The number of rotatable bonds is 7. The second-order valence-electron chi connectivity index (χ2n) is 6.76. The van der Waals surface area contributed by atoms with Gasteiger partial charge in [-0.05, 0) is 39.0 Å². The molecule has 0 aliphatic rings. The van der Waals surface area contributed by atoms with E-state index in [1.807, 2.05) is 11.5 Å². The maximum Gasteiger partial charge on any atom is 0.335 e. The molecule has 0 unspecified atom stereocenters. The lowest BCUT2D eigenvalue weighted by Gasteiger charge is -2.20. The lowest BCUT2D eigenvalue weighted by Crippen LogP contribution is -2.27. The van der Waals surface area contributed by atoms with E-state index >= 15 is 0 Å². The van der Waals surface area contributed by atoms with E-state index in [1.165, 1.54) is 12.1 Å². The largest absolute Gasteiger partial charge is 0.478 e. The number of hydrogen-bond donors (Lipinski definition) is 3. The monoisotopic (exact) mass is 360 g/mol. The first-order valence-corrected chi connectivity index (χ1v) is 8.29. The molecule has 0 fully saturated rings. The van der Waals surface area contributed by atoms with Crippen molar-refractivity contribution < 1.29 is 21.2 Å². The van der Waals surface area contributed by atoms with Gasteiger partial charge in [-0.1, -0.05) is 0 Å². The second kappa shape index (κ2) is 6.54. The average molecular weight is 360 g/mol. The van der Waals surface area contributed by atoms with Crippen molar-refractivity contribution in [3.05, 3.63) is 29.6 Å². The van der Waals surface area contributed by atoms with Crippen LogP contribution in [0.15, 0.2) is 18.2 Å². The van der Waals surface area contributed by atoms with Crippen LogP contribution < -0.4 is 5.73 Å². The Morgan fingerprint density at radius 3 is 2.81 bits per heavy atom. The highest BCUT2D eigenvalue weighted by atomic mass is 16.5. The summed E-state index contributed by atoms with van der Waals surface area (Å²) in [4.78, 5) is 20.2. The van der Waals surface area contributed by atoms with E-state index in [0.717, 1.165) is 0 Å². The highest BCUT2D eigenvalue weighted by Gasteiger charge is 2.22. The molecular weight excluding hydrogens is 336 g/mol. The Bertz CT molecular complexity index is 1010. The molecule has 0 aliphatic carbocycles. The molecule has 0 saturated carbocycles. The van der Waals surface area contributed by atoms with Crippen LogP contribution in [0.25, 0.3) is 21.9 Å². The number of imidazole rings is 1. The summed E-state index contributed by atoms with van der Waals surface area (Å²) in [6.45, 7) is 6.27. The third kappa shape index (κ3) is 3.33. The number of carbonyl (C=O) groups is 1. The van der Waals surface area contributed by atoms with Crippen molar-refractivity contribution >= 4 is 33.7 Å². The van der Waals surface area contributed by atoms with E-state index in [4.69, 9.17) is 6.15 Å². The number of hydrogen-bond acceptors (Lipinski definition) is 6. The minimum absolute atomic E-state index is 0.105. The first kappa shape index (κ1) is 16.7. The Labute approximate surface area is 151 Å². The summed E-state index contributed by atoms with van der Waals surface area (Å²) < 4.78 is 14.9. The normalized spacial score (nSPS) is 12.5. The number of pyridine rings is 1. The molecule has 0 atom stereocenters. The molecule has 3 aromatic rings. The minimum Gasteiger partial charge on any atom is -0.478 e. The topological polar surface area (TPSA) is 123 Å². The number of aliphatic hydroxyl groups is 1. The van der Waals surface area contributed by atoms with Crippen LogP contribution in [0.4, 0.5) is 5.82 Å². The molecule has 0 aliphatic heterocycles. The summed E-state index contributed by atoms with van der Waals surface area (Å²) in [5, 5.41) is 20.3. The Balaban J connectivity index is 2.36. The van der Waals surface area contributed by atoms with Crippen LogP contribution in [-0.4, -0.2) is 42.9 Å². The smallest absolute Gasteiger partial charge is 0.335 e. The molecule has 4 N–H and O–H groups in total. The predicted molar refractivity (Wildman–Crippen MR) is 98.0 cm³/mol. The van der Waals surface area contributed by atoms with E-state index in [1.54, 1.807) is 19.9 Å². The summed E-state index contributed by atoms with van der Waals surface area (Å²) in [5.41, 5.74) is 2.94. The van der Waals surface area contributed by atoms with Gasteiger partial charge >= 0.3 is 5.97 Å². The lowest BCUT2D eigenvalue weighted by atomic mass is 10.1. The van der Waals surface area contributed by atoms with Crippen LogP contribution in [-0.2, 0) is 17.9 Å². The van der Waals surface area contributed by atoms with Crippen molar-refractivity contribution in [2.24, 2.45) is 0 Å². The summed E-state index contributed by atoms with van der Waals surface area (Å²) in [5.74, 6) is -0.240. The fraction of sp³-hybridized carbons (Fsp3) is 0.389. The molecule has 0 radical (unpaired) electrons. The van der Waals surface area contributed by atoms with Crippen molar-refractivity contribution in [2.45, 2.75) is 39.5 Å². The van der Waals surface area contributed by atoms with E-state index < -0.39 is 11.6 Å². The number of fused-ring (bicyclic) bond motifs is 3. The molecule has 1 aromatic carbocycles. The van der Waals surface area contributed by atoms with Gasteiger partial charge in [0, 0.05) is 12.0 Å². The van der Waals surface area contributed by atoms with Crippen LogP contribution >= 0.6 is 0 Å². The minimum atomic E-state index is -1.05. The molecule has 0 amide bonds. The van der Waals surface area contributed by atoms with Crippen molar-refractivity contribution in [2.75, 3.05) is 12.3 Å². The number of aromatic nitrogens is 3. The summed E-state index contributed by atoms with van der Waals surface area (Å²) in [6.07, 6.45) is 0. The summed E-state index contributed by atoms with van der Waals surface area (Å²) in [7, 11) is 0. The third-order valence-corrected chi connectivity index (χ3v) is 3.98. The quantitative estimate of drug-likeness (QED) is 0.590.